The first-order chi connectivity index (χ1) is 5.06. The summed E-state index contributed by atoms with van der Waals surface area (Å²) in [5.74, 6) is 2.63. The molecule has 0 heterocycles. The molecular weight excluding hydrogens is 162 g/mol. The van der Waals surface area contributed by atoms with Gasteiger partial charge in [0.1, 0.15) is 9.84 Å². The Kier molecular flexibility index (Phi) is 4.92. The molecule has 0 aromatic heterocycles. The van der Waals surface area contributed by atoms with E-state index in [-0.39, 0.29) is 5.75 Å². The predicted octanol–water partition coefficient (Wildman–Crippen LogP) is -0.356. The van der Waals surface area contributed by atoms with Crippen molar-refractivity contribution in [3.05, 3.63) is 0 Å². The lowest BCUT2D eigenvalue weighted by Gasteiger charge is -1.99. The van der Waals surface area contributed by atoms with Crippen molar-refractivity contribution < 1.29 is 8.42 Å². The number of hydrogen-bond acceptors (Lipinski definition) is 3. The van der Waals surface area contributed by atoms with Crippen molar-refractivity contribution in [2.45, 2.75) is 6.42 Å². The van der Waals surface area contributed by atoms with Crippen LogP contribution in [0.25, 0.3) is 0 Å². The van der Waals surface area contributed by atoms with E-state index in [9.17, 15) is 8.42 Å². The summed E-state index contributed by atoms with van der Waals surface area (Å²) in [5, 5.41) is 2.92. The van der Waals surface area contributed by atoms with E-state index in [4.69, 9.17) is 6.42 Å². The van der Waals surface area contributed by atoms with Gasteiger partial charge in [-0.05, 0) is 0 Å². The van der Waals surface area contributed by atoms with Gasteiger partial charge < -0.3 is 5.32 Å². The van der Waals surface area contributed by atoms with E-state index in [2.05, 4.69) is 11.2 Å². The molecule has 0 fully saturated rings. The molecular formula is C7H13NO2S. The fourth-order valence-electron chi connectivity index (χ4n) is 0.543. The molecule has 0 aliphatic carbocycles. The van der Waals surface area contributed by atoms with Crippen LogP contribution in [0.3, 0.4) is 0 Å². The number of rotatable bonds is 5. The quantitative estimate of drug-likeness (QED) is 0.458. The van der Waals surface area contributed by atoms with Crippen LogP contribution in [0.2, 0.25) is 0 Å². The van der Waals surface area contributed by atoms with Gasteiger partial charge in [-0.1, -0.05) is 0 Å². The van der Waals surface area contributed by atoms with Gasteiger partial charge in [0.05, 0.1) is 5.75 Å². The summed E-state index contributed by atoms with van der Waals surface area (Å²) in [7, 11) is -2.83. The lowest BCUT2D eigenvalue weighted by molar-refractivity contribution is 0.597. The summed E-state index contributed by atoms with van der Waals surface area (Å²) in [6.07, 6.45) is 6.85. The Morgan fingerprint density at radius 2 is 2.09 bits per heavy atom. The van der Waals surface area contributed by atoms with Gasteiger partial charge in [-0.3, -0.25) is 0 Å². The van der Waals surface area contributed by atoms with Gasteiger partial charge in [0.2, 0.25) is 0 Å². The van der Waals surface area contributed by atoms with Crippen molar-refractivity contribution in [1.82, 2.24) is 5.32 Å². The fraction of sp³-hybridized carbons (Fsp3) is 0.714. The largest absolute Gasteiger partial charge is 0.315 e. The van der Waals surface area contributed by atoms with Gasteiger partial charge >= 0.3 is 0 Å². The van der Waals surface area contributed by atoms with Crippen molar-refractivity contribution >= 4 is 9.84 Å². The van der Waals surface area contributed by atoms with E-state index in [0.717, 1.165) is 0 Å². The third-order valence-corrected chi connectivity index (χ3v) is 2.04. The Labute approximate surface area is 68.1 Å². The Bertz CT molecular complexity index is 225. The Hall–Kier alpha value is -0.530. The maximum Gasteiger partial charge on any atom is 0.148 e. The molecule has 0 atom stereocenters. The third kappa shape index (κ3) is 9.47. The highest BCUT2D eigenvalue weighted by molar-refractivity contribution is 7.90. The molecule has 0 aromatic carbocycles. The molecule has 1 N–H and O–H groups in total. The molecule has 0 spiro atoms. The first kappa shape index (κ1) is 10.5. The van der Waals surface area contributed by atoms with Gasteiger partial charge in [0.25, 0.3) is 0 Å². The van der Waals surface area contributed by atoms with Crippen LogP contribution in [0.4, 0.5) is 0 Å². The number of sulfone groups is 1. The second-order valence-electron chi connectivity index (χ2n) is 2.33. The topological polar surface area (TPSA) is 46.2 Å². The Morgan fingerprint density at radius 3 is 2.55 bits per heavy atom. The molecule has 0 amide bonds. The average molecular weight is 175 g/mol. The maximum atomic E-state index is 10.6. The van der Waals surface area contributed by atoms with E-state index < -0.39 is 9.84 Å². The van der Waals surface area contributed by atoms with Crippen molar-refractivity contribution in [2.24, 2.45) is 0 Å². The summed E-state index contributed by atoms with van der Waals surface area (Å²) in [6, 6.07) is 0. The summed E-state index contributed by atoms with van der Waals surface area (Å²) < 4.78 is 21.2. The van der Waals surface area contributed by atoms with Crippen molar-refractivity contribution in [2.75, 3.05) is 25.1 Å². The molecule has 0 radical (unpaired) electrons. The lowest BCUT2D eigenvalue weighted by atomic mass is 10.4. The molecule has 0 rings (SSSR count). The summed E-state index contributed by atoms with van der Waals surface area (Å²) in [6.45, 7) is 1.17. The summed E-state index contributed by atoms with van der Waals surface area (Å²) in [5.41, 5.74) is 0. The molecule has 0 saturated heterocycles. The highest BCUT2D eigenvalue weighted by Gasteiger charge is 1.99. The van der Waals surface area contributed by atoms with Gasteiger partial charge in [-0.2, -0.15) is 0 Å². The standard InChI is InChI=1S/C7H13NO2S/c1-3-4-5-8-6-7-11(2,9)10/h1,8H,4-7H2,2H3. The number of terminal acetylenes is 1. The highest BCUT2D eigenvalue weighted by atomic mass is 32.2. The molecule has 0 aromatic rings. The first-order valence-electron chi connectivity index (χ1n) is 3.38. The zero-order chi connectivity index (χ0) is 8.74. The minimum atomic E-state index is -2.83. The second kappa shape index (κ2) is 5.16. The normalized spacial score (nSPS) is 10.9. The Balaban J connectivity index is 3.24. The predicted molar refractivity (Wildman–Crippen MR) is 46.0 cm³/mol. The SMILES string of the molecule is C#CCCNCCS(C)(=O)=O. The van der Waals surface area contributed by atoms with Gasteiger partial charge in [0.15, 0.2) is 0 Å². The van der Waals surface area contributed by atoms with Crippen LogP contribution < -0.4 is 5.32 Å². The zero-order valence-corrected chi connectivity index (χ0v) is 7.45. The molecule has 0 unspecified atom stereocenters. The van der Waals surface area contributed by atoms with Crippen molar-refractivity contribution in [3.8, 4) is 12.3 Å². The minimum Gasteiger partial charge on any atom is -0.315 e. The third-order valence-electron chi connectivity index (χ3n) is 1.10. The van der Waals surface area contributed by atoms with E-state index in [1.807, 2.05) is 0 Å². The fourth-order valence-corrected chi connectivity index (χ4v) is 1.06. The first-order valence-corrected chi connectivity index (χ1v) is 5.44. The summed E-state index contributed by atoms with van der Waals surface area (Å²) in [4.78, 5) is 0. The van der Waals surface area contributed by atoms with Crippen molar-refractivity contribution in [1.29, 1.82) is 0 Å². The van der Waals surface area contributed by atoms with E-state index >= 15 is 0 Å². The average Bonchev–Trinajstić information content (AvgIpc) is 1.85. The molecule has 11 heavy (non-hydrogen) atoms. The van der Waals surface area contributed by atoms with Crippen LogP contribution in [0.5, 0.6) is 0 Å². The van der Waals surface area contributed by atoms with Crippen LogP contribution in [-0.2, 0) is 9.84 Å². The number of hydrogen-bond donors (Lipinski definition) is 1. The molecule has 0 aliphatic rings. The van der Waals surface area contributed by atoms with Gasteiger partial charge in [0, 0.05) is 25.8 Å². The maximum absolute atomic E-state index is 10.6. The molecule has 3 nitrogen and oxygen atoms in total. The van der Waals surface area contributed by atoms with Crippen LogP contribution in [-0.4, -0.2) is 33.5 Å². The Morgan fingerprint density at radius 1 is 1.45 bits per heavy atom. The molecule has 4 heteroatoms. The van der Waals surface area contributed by atoms with Crippen LogP contribution in [0.15, 0.2) is 0 Å². The van der Waals surface area contributed by atoms with Crippen LogP contribution >= 0.6 is 0 Å². The zero-order valence-electron chi connectivity index (χ0n) is 6.63. The number of nitrogens with one attached hydrogen (secondary N) is 1. The molecule has 0 aliphatic heterocycles. The second-order valence-corrected chi connectivity index (χ2v) is 4.59. The molecule has 64 valence electrons. The molecule has 0 bridgehead atoms. The van der Waals surface area contributed by atoms with Crippen LogP contribution in [0, 0.1) is 12.3 Å². The van der Waals surface area contributed by atoms with Gasteiger partial charge in [-0.15, -0.1) is 12.3 Å². The molecule has 0 saturated carbocycles. The van der Waals surface area contributed by atoms with Gasteiger partial charge in [-0.25, -0.2) is 8.42 Å². The monoisotopic (exact) mass is 175 g/mol. The minimum absolute atomic E-state index is 0.178. The van der Waals surface area contributed by atoms with E-state index in [1.54, 1.807) is 0 Å². The highest BCUT2D eigenvalue weighted by Crippen LogP contribution is 1.79. The summed E-state index contributed by atoms with van der Waals surface area (Å²) >= 11 is 0. The van der Waals surface area contributed by atoms with E-state index in [1.165, 1.54) is 6.26 Å². The van der Waals surface area contributed by atoms with Crippen molar-refractivity contribution in [3.63, 3.8) is 0 Å². The van der Waals surface area contributed by atoms with Crippen LogP contribution in [0.1, 0.15) is 6.42 Å². The smallest absolute Gasteiger partial charge is 0.148 e. The lowest BCUT2D eigenvalue weighted by Crippen LogP contribution is -2.22. The van der Waals surface area contributed by atoms with E-state index in [0.29, 0.717) is 19.5 Å².